The highest BCUT2D eigenvalue weighted by Crippen LogP contribution is 2.42. The zero-order valence-corrected chi connectivity index (χ0v) is 18.3. The van der Waals surface area contributed by atoms with Crippen molar-refractivity contribution < 1.29 is 36.3 Å². The Hall–Kier alpha value is -3.91. The third-order valence-corrected chi connectivity index (χ3v) is 5.58. The third kappa shape index (κ3) is 3.80. The second-order valence-electron chi connectivity index (χ2n) is 7.85. The van der Waals surface area contributed by atoms with Gasteiger partial charge in [0.25, 0.3) is 0 Å². The molecule has 15 heteroatoms. The van der Waals surface area contributed by atoms with E-state index in [0.717, 1.165) is 4.68 Å². The van der Waals surface area contributed by atoms with Crippen molar-refractivity contribution >= 4 is 34.5 Å². The maximum atomic E-state index is 13.5. The minimum atomic E-state index is -5.71. The van der Waals surface area contributed by atoms with Crippen molar-refractivity contribution in [3.63, 3.8) is 0 Å². The number of pyridine rings is 1. The fourth-order valence-corrected chi connectivity index (χ4v) is 3.70. The summed E-state index contributed by atoms with van der Waals surface area (Å²) >= 11 is 0. The number of hydrogen-bond donors (Lipinski definition) is 2. The van der Waals surface area contributed by atoms with Gasteiger partial charge in [-0.3, -0.25) is 9.59 Å². The second-order valence-corrected chi connectivity index (χ2v) is 7.85. The van der Waals surface area contributed by atoms with Crippen molar-refractivity contribution in [2.24, 2.45) is 0 Å². The predicted molar refractivity (Wildman–Crippen MR) is 111 cm³/mol. The standard InChI is InChI=1S/C20H18F5N7O3/c1-3-35-17(34)18(2)10-12(26)28-14(29-13(10)30-16(18)33)11-9-5-4-7-27-15(9)32(31-11)8-6-19(21,22)20(23,24)25/h4-5,7H,3,6,8H2,1-2H3,(H3,26,28,29,30,33)/t18-/m0/s1. The van der Waals surface area contributed by atoms with Gasteiger partial charge >= 0.3 is 18.1 Å². The van der Waals surface area contributed by atoms with E-state index in [2.05, 4.69) is 25.4 Å². The van der Waals surface area contributed by atoms with Crippen LogP contribution >= 0.6 is 0 Å². The monoisotopic (exact) mass is 499 g/mol. The van der Waals surface area contributed by atoms with Gasteiger partial charge in [-0.15, -0.1) is 0 Å². The summed E-state index contributed by atoms with van der Waals surface area (Å²) in [5.74, 6) is -7.01. The van der Waals surface area contributed by atoms with Crippen molar-refractivity contribution in [2.45, 2.75) is 44.3 Å². The van der Waals surface area contributed by atoms with Gasteiger partial charge in [0.05, 0.1) is 17.6 Å². The molecule has 3 aromatic heterocycles. The van der Waals surface area contributed by atoms with E-state index in [1.807, 2.05) is 0 Å². The van der Waals surface area contributed by atoms with Crippen molar-refractivity contribution in [3.8, 4) is 11.5 Å². The Morgan fingerprint density at radius 3 is 2.63 bits per heavy atom. The summed E-state index contributed by atoms with van der Waals surface area (Å²) in [7, 11) is 0. The highest BCUT2D eigenvalue weighted by atomic mass is 19.4. The number of nitrogens with one attached hydrogen (secondary N) is 1. The molecule has 186 valence electrons. The van der Waals surface area contributed by atoms with E-state index in [9.17, 15) is 31.5 Å². The summed E-state index contributed by atoms with van der Waals surface area (Å²) in [5, 5.41) is 6.80. The second kappa shape index (κ2) is 8.09. The Morgan fingerprint density at radius 1 is 1.26 bits per heavy atom. The number of fused-ring (bicyclic) bond motifs is 2. The average molecular weight is 499 g/mol. The van der Waals surface area contributed by atoms with Crippen LogP contribution < -0.4 is 11.1 Å². The van der Waals surface area contributed by atoms with Gasteiger partial charge in [-0.25, -0.2) is 19.6 Å². The first-order chi connectivity index (χ1) is 16.3. The van der Waals surface area contributed by atoms with E-state index in [4.69, 9.17) is 10.5 Å². The summed E-state index contributed by atoms with van der Waals surface area (Å²) in [4.78, 5) is 37.5. The number of halogens is 5. The van der Waals surface area contributed by atoms with Gasteiger partial charge in [-0.1, -0.05) is 0 Å². The Labute approximate surface area is 193 Å². The molecule has 0 spiro atoms. The van der Waals surface area contributed by atoms with Crippen molar-refractivity contribution in [2.75, 3.05) is 17.7 Å². The molecule has 35 heavy (non-hydrogen) atoms. The summed E-state index contributed by atoms with van der Waals surface area (Å²) in [6.45, 7) is 2.08. The first-order valence-corrected chi connectivity index (χ1v) is 10.2. The van der Waals surface area contributed by atoms with Gasteiger partial charge in [0, 0.05) is 19.2 Å². The fourth-order valence-electron chi connectivity index (χ4n) is 3.70. The number of aryl methyl sites for hydroxylation is 1. The Balaban J connectivity index is 1.78. The normalized spacial score (nSPS) is 18.0. The van der Waals surface area contributed by atoms with E-state index < -0.39 is 42.4 Å². The minimum absolute atomic E-state index is 0.00335. The van der Waals surface area contributed by atoms with Crippen LogP contribution in [0.3, 0.4) is 0 Å². The molecule has 0 bridgehead atoms. The molecular formula is C20H18F5N7O3. The molecular weight excluding hydrogens is 481 g/mol. The smallest absolute Gasteiger partial charge is 0.453 e. The number of hydrogen-bond acceptors (Lipinski definition) is 8. The first-order valence-electron chi connectivity index (χ1n) is 10.2. The highest BCUT2D eigenvalue weighted by molar-refractivity contribution is 6.19. The van der Waals surface area contributed by atoms with Crippen molar-refractivity contribution in [1.29, 1.82) is 0 Å². The first kappa shape index (κ1) is 24.2. The van der Waals surface area contributed by atoms with Crippen LogP contribution in [0.25, 0.3) is 22.6 Å². The molecule has 4 rings (SSSR count). The quantitative estimate of drug-likeness (QED) is 0.300. The molecule has 0 saturated heterocycles. The number of carbonyl (C=O) groups is 2. The van der Waals surface area contributed by atoms with E-state index in [1.165, 1.54) is 25.3 Å². The molecule has 3 aromatic rings. The molecule has 1 aliphatic rings. The van der Waals surface area contributed by atoms with Crippen LogP contribution in [0.4, 0.5) is 33.6 Å². The van der Waals surface area contributed by atoms with Crippen LogP contribution in [-0.2, 0) is 26.3 Å². The number of amides is 1. The molecule has 0 aliphatic carbocycles. The largest absolute Gasteiger partial charge is 0.465 e. The molecule has 0 radical (unpaired) electrons. The number of nitrogen functional groups attached to an aromatic ring is 1. The number of ether oxygens (including phenoxy) is 1. The van der Waals surface area contributed by atoms with Crippen LogP contribution in [-0.4, -0.2) is 55.3 Å². The molecule has 0 saturated carbocycles. The topological polar surface area (TPSA) is 138 Å². The van der Waals surface area contributed by atoms with Gasteiger partial charge in [-0.2, -0.15) is 27.1 Å². The van der Waals surface area contributed by atoms with Crippen LogP contribution in [0.1, 0.15) is 25.8 Å². The number of carbonyl (C=O) groups excluding carboxylic acids is 2. The Bertz CT molecular complexity index is 1340. The van der Waals surface area contributed by atoms with Crippen LogP contribution in [0.2, 0.25) is 0 Å². The zero-order valence-electron chi connectivity index (χ0n) is 18.3. The van der Waals surface area contributed by atoms with E-state index in [-0.39, 0.29) is 46.4 Å². The molecule has 1 aliphatic heterocycles. The van der Waals surface area contributed by atoms with Gasteiger partial charge in [0.2, 0.25) is 5.91 Å². The Kier molecular flexibility index (Phi) is 5.60. The lowest BCUT2D eigenvalue weighted by Gasteiger charge is -2.20. The minimum Gasteiger partial charge on any atom is -0.465 e. The van der Waals surface area contributed by atoms with E-state index in [1.54, 1.807) is 6.92 Å². The van der Waals surface area contributed by atoms with E-state index >= 15 is 0 Å². The lowest BCUT2D eigenvalue weighted by atomic mass is 9.84. The number of nitrogens with two attached hydrogens (primary N) is 1. The zero-order chi connectivity index (χ0) is 25.8. The number of nitrogens with zero attached hydrogens (tertiary/aromatic N) is 5. The SMILES string of the molecule is CCOC(=O)[C@]1(C)C(=O)Nc2nc(-c3nn(CCC(F)(F)C(F)(F)F)c4ncccc34)nc(N)c21. The van der Waals surface area contributed by atoms with Gasteiger partial charge < -0.3 is 15.8 Å². The number of esters is 1. The molecule has 0 aromatic carbocycles. The molecule has 0 unspecified atom stereocenters. The predicted octanol–water partition coefficient (Wildman–Crippen LogP) is 2.83. The van der Waals surface area contributed by atoms with Gasteiger partial charge in [-0.05, 0) is 26.0 Å². The summed E-state index contributed by atoms with van der Waals surface area (Å²) in [5.41, 5.74) is 4.26. The van der Waals surface area contributed by atoms with Crippen molar-refractivity contribution in [1.82, 2.24) is 24.7 Å². The molecule has 0 fully saturated rings. The van der Waals surface area contributed by atoms with E-state index in [0.29, 0.717) is 0 Å². The Morgan fingerprint density at radius 2 is 1.97 bits per heavy atom. The van der Waals surface area contributed by atoms with Gasteiger partial charge in [0.1, 0.15) is 17.3 Å². The highest BCUT2D eigenvalue weighted by Gasteiger charge is 2.57. The number of alkyl halides is 5. The van der Waals surface area contributed by atoms with Crippen LogP contribution in [0, 0.1) is 0 Å². The van der Waals surface area contributed by atoms with Crippen LogP contribution in [0.5, 0.6) is 0 Å². The molecule has 1 atom stereocenters. The lowest BCUT2D eigenvalue weighted by Crippen LogP contribution is -2.41. The maximum Gasteiger partial charge on any atom is 0.453 e. The summed E-state index contributed by atoms with van der Waals surface area (Å²) in [6.07, 6.45) is -5.97. The number of anilines is 2. The van der Waals surface area contributed by atoms with Crippen molar-refractivity contribution in [3.05, 3.63) is 23.9 Å². The third-order valence-electron chi connectivity index (χ3n) is 5.58. The van der Waals surface area contributed by atoms with Crippen LogP contribution in [0.15, 0.2) is 18.3 Å². The molecule has 4 heterocycles. The molecule has 3 N–H and O–H groups in total. The van der Waals surface area contributed by atoms with Gasteiger partial charge in [0.15, 0.2) is 16.9 Å². The maximum absolute atomic E-state index is 13.5. The lowest BCUT2D eigenvalue weighted by molar-refractivity contribution is -0.285. The number of rotatable bonds is 6. The average Bonchev–Trinajstić information content (AvgIpc) is 3.27. The molecule has 10 nitrogen and oxygen atoms in total. The molecule has 1 amide bonds. The number of aromatic nitrogens is 5. The summed E-state index contributed by atoms with van der Waals surface area (Å²) in [6, 6.07) is 3.00. The fraction of sp³-hybridized carbons (Fsp3) is 0.400. The summed E-state index contributed by atoms with van der Waals surface area (Å²) < 4.78 is 70.6.